The number of carbonyl (C=O) groups is 1. The maximum absolute atomic E-state index is 13.1. The number of sulfonamides is 1. The molecule has 2 heterocycles. The Morgan fingerprint density at radius 1 is 1.16 bits per heavy atom. The van der Waals surface area contributed by atoms with Crippen LogP contribution in [0.3, 0.4) is 0 Å². The average Bonchev–Trinajstić information content (AvgIpc) is 3.30. The number of piperidine rings is 1. The van der Waals surface area contributed by atoms with Gasteiger partial charge in [-0.05, 0) is 67.8 Å². The first-order chi connectivity index (χ1) is 15.4. The van der Waals surface area contributed by atoms with Gasteiger partial charge in [-0.2, -0.15) is 4.31 Å². The predicted molar refractivity (Wildman–Crippen MR) is 123 cm³/mol. The van der Waals surface area contributed by atoms with Crippen LogP contribution in [0.5, 0.6) is 0 Å². The highest BCUT2D eigenvalue weighted by Gasteiger charge is 2.32. The smallest absolute Gasteiger partial charge is 0.277 e. The average molecular weight is 474 g/mol. The molecule has 0 aliphatic carbocycles. The Balaban J connectivity index is 1.46. The van der Waals surface area contributed by atoms with Crippen molar-refractivity contribution in [3.63, 3.8) is 0 Å². The number of halogens is 1. The van der Waals surface area contributed by atoms with Gasteiger partial charge < -0.3 is 9.84 Å². The summed E-state index contributed by atoms with van der Waals surface area (Å²) in [5.41, 5.74) is 1.33. The largest absolute Gasteiger partial charge is 0.355 e. The molecule has 32 heavy (non-hydrogen) atoms. The minimum Gasteiger partial charge on any atom is -0.355 e. The fourth-order valence-electron chi connectivity index (χ4n) is 3.87. The number of aromatic nitrogens is 1. The third kappa shape index (κ3) is 4.72. The van der Waals surface area contributed by atoms with Gasteiger partial charge in [-0.25, -0.2) is 8.42 Å². The first-order valence-electron chi connectivity index (χ1n) is 10.5. The number of carbonyl (C=O) groups excluding carboxylic acids is 1. The van der Waals surface area contributed by atoms with E-state index in [2.05, 4.69) is 10.5 Å². The number of hydrogen-bond acceptors (Lipinski definition) is 5. The topological polar surface area (TPSA) is 92.5 Å². The summed E-state index contributed by atoms with van der Waals surface area (Å²) >= 11 is 5.89. The maximum Gasteiger partial charge on any atom is 0.277 e. The molecule has 1 N–H and O–H groups in total. The quantitative estimate of drug-likeness (QED) is 0.531. The zero-order valence-electron chi connectivity index (χ0n) is 17.6. The molecule has 1 fully saturated rings. The maximum atomic E-state index is 13.1. The Kier molecular flexibility index (Phi) is 6.64. The van der Waals surface area contributed by atoms with Crippen molar-refractivity contribution in [3.8, 4) is 11.3 Å². The number of nitrogens with zero attached hydrogens (tertiary/aromatic N) is 2. The SMILES string of the molecule is CC[C@@H]1CCCCN1S(=O)(=O)c1ccc(NC(=O)c2cc(-c3ccc(Cl)cc3)on2)cc1. The zero-order valence-corrected chi connectivity index (χ0v) is 19.2. The van der Waals surface area contributed by atoms with Crippen molar-refractivity contribution in [2.24, 2.45) is 0 Å². The molecule has 9 heteroatoms. The minimum atomic E-state index is -3.57. The van der Waals surface area contributed by atoms with E-state index in [1.165, 1.54) is 12.1 Å². The molecule has 0 radical (unpaired) electrons. The van der Waals surface area contributed by atoms with E-state index in [1.807, 2.05) is 6.92 Å². The van der Waals surface area contributed by atoms with Crippen molar-refractivity contribution in [1.82, 2.24) is 9.46 Å². The van der Waals surface area contributed by atoms with Crippen LogP contribution in [0.2, 0.25) is 5.02 Å². The lowest BCUT2D eigenvalue weighted by molar-refractivity contribution is 0.101. The lowest BCUT2D eigenvalue weighted by Crippen LogP contribution is -2.43. The van der Waals surface area contributed by atoms with Gasteiger partial charge >= 0.3 is 0 Å². The van der Waals surface area contributed by atoms with Crippen LogP contribution in [-0.2, 0) is 10.0 Å². The van der Waals surface area contributed by atoms with Crippen LogP contribution < -0.4 is 5.32 Å². The van der Waals surface area contributed by atoms with Gasteiger partial charge in [0.2, 0.25) is 10.0 Å². The third-order valence-electron chi connectivity index (χ3n) is 5.63. The Labute approximate surface area is 192 Å². The lowest BCUT2D eigenvalue weighted by Gasteiger charge is -2.34. The van der Waals surface area contributed by atoms with Gasteiger partial charge in [0.05, 0.1) is 4.90 Å². The van der Waals surface area contributed by atoms with Gasteiger partial charge in [-0.3, -0.25) is 4.79 Å². The summed E-state index contributed by atoms with van der Waals surface area (Å²) < 4.78 is 33.0. The van der Waals surface area contributed by atoms with E-state index in [0.717, 1.165) is 31.2 Å². The van der Waals surface area contributed by atoms with E-state index in [-0.39, 0.29) is 16.6 Å². The third-order valence-corrected chi connectivity index (χ3v) is 7.85. The lowest BCUT2D eigenvalue weighted by atomic mass is 10.0. The van der Waals surface area contributed by atoms with Crippen LogP contribution in [0.15, 0.2) is 64.0 Å². The number of amides is 1. The van der Waals surface area contributed by atoms with Gasteiger partial charge in [-0.15, -0.1) is 0 Å². The number of hydrogen-bond donors (Lipinski definition) is 1. The highest BCUT2D eigenvalue weighted by atomic mass is 35.5. The molecule has 2 aromatic carbocycles. The van der Waals surface area contributed by atoms with Crippen LogP contribution in [0.1, 0.15) is 43.1 Å². The first kappa shape index (κ1) is 22.5. The van der Waals surface area contributed by atoms with Crippen LogP contribution >= 0.6 is 11.6 Å². The normalized spacial score (nSPS) is 17.2. The van der Waals surface area contributed by atoms with Crippen LogP contribution in [0, 0.1) is 0 Å². The molecule has 4 rings (SSSR count). The summed E-state index contributed by atoms with van der Waals surface area (Å²) in [4.78, 5) is 12.8. The summed E-state index contributed by atoms with van der Waals surface area (Å²) in [7, 11) is -3.57. The fraction of sp³-hybridized carbons (Fsp3) is 0.304. The molecule has 1 aliphatic heterocycles. The van der Waals surface area contributed by atoms with E-state index in [9.17, 15) is 13.2 Å². The number of nitrogens with one attached hydrogen (secondary N) is 1. The Morgan fingerprint density at radius 3 is 2.56 bits per heavy atom. The molecule has 1 saturated heterocycles. The second kappa shape index (κ2) is 9.44. The van der Waals surface area contributed by atoms with E-state index < -0.39 is 15.9 Å². The molecule has 1 aromatic heterocycles. The fourth-order valence-corrected chi connectivity index (χ4v) is 5.76. The first-order valence-corrected chi connectivity index (χ1v) is 12.4. The van der Waals surface area contributed by atoms with E-state index in [1.54, 1.807) is 46.8 Å². The summed E-state index contributed by atoms with van der Waals surface area (Å²) in [6.07, 6.45) is 3.61. The molecule has 0 unspecified atom stereocenters. The number of anilines is 1. The van der Waals surface area contributed by atoms with Gasteiger partial charge in [0.25, 0.3) is 5.91 Å². The van der Waals surface area contributed by atoms with Gasteiger partial charge in [0.1, 0.15) is 0 Å². The molecule has 0 spiro atoms. The van der Waals surface area contributed by atoms with Crippen molar-refractivity contribution < 1.29 is 17.7 Å². The van der Waals surface area contributed by atoms with E-state index >= 15 is 0 Å². The molecular weight excluding hydrogens is 450 g/mol. The standard InChI is InChI=1S/C23H24ClN3O4S/c1-2-19-5-3-4-14-27(19)32(29,30)20-12-10-18(11-13-20)25-23(28)21-15-22(31-26-21)16-6-8-17(24)9-7-16/h6-13,15,19H,2-5,14H2,1H3,(H,25,28)/t19-/m1/s1. The predicted octanol–water partition coefficient (Wildman–Crippen LogP) is 5.20. The van der Waals surface area contributed by atoms with Crippen molar-refractivity contribution in [2.75, 3.05) is 11.9 Å². The van der Waals surface area contributed by atoms with Gasteiger partial charge in [0.15, 0.2) is 11.5 Å². The molecule has 1 amide bonds. The van der Waals surface area contributed by atoms with Crippen molar-refractivity contribution >= 4 is 33.2 Å². The molecule has 7 nitrogen and oxygen atoms in total. The Morgan fingerprint density at radius 2 is 1.88 bits per heavy atom. The van der Waals surface area contributed by atoms with Gasteiger partial charge in [-0.1, -0.05) is 30.1 Å². The molecular formula is C23H24ClN3O4S. The number of rotatable bonds is 6. The van der Waals surface area contributed by atoms with Crippen molar-refractivity contribution in [1.29, 1.82) is 0 Å². The number of benzene rings is 2. The van der Waals surface area contributed by atoms with E-state index in [0.29, 0.717) is 23.0 Å². The molecule has 3 aromatic rings. The summed E-state index contributed by atoms with van der Waals surface area (Å²) in [5.74, 6) is -0.00749. The monoisotopic (exact) mass is 473 g/mol. The highest BCUT2D eigenvalue weighted by molar-refractivity contribution is 7.89. The van der Waals surface area contributed by atoms with Gasteiger partial charge in [0, 0.05) is 34.9 Å². The highest BCUT2D eigenvalue weighted by Crippen LogP contribution is 2.28. The van der Waals surface area contributed by atoms with Crippen LogP contribution in [-0.4, -0.2) is 36.4 Å². The molecule has 168 valence electrons. The molecule has 1 atom stereocenters. The van der Waals surface area contributed by atoms with Crippen molar-refractivity contribution in [2.45, 2.75) is 43.5 Å². The minimum absolute atomic E-state index is 0.0372. The van der Waals surface area contributed by atoms with E-state index in [4.69, 9.17) is 16.1 Å². The molecule has 0 saturated carbocycles. The van der Waals surface area contributed by atoms with Crippen LogP contribution in [0.4, 0.5) is 5.69 Å². The second-order valence-electron chi connectivity index (χ2n) is 7.74. The molecule has 0 bridgehead atoms. The Hall–Kier alpha value is -2.68. The second-order valence-corrected chi connectivity index (χ2v) is 10.1. The summed E-state index contributed by atoms with van der Waals surface area (Å²) in [6.45, 7) is 2.56. The van der Waals surface area contributed by atoms with Crippen LogP contribution in [0.25, 0.3) is 11.3 Å². The zero-order chi connectivity index (χ0) is 22.7. The van der Waals surface area contributed by atoms with Crippen molar-refractivity contribution in [3.05, 3.63) is 65.3 Å². The molecule has 1 aliphatic rings. The Bertz CT molecular complexity index is 1190. The summed E-state index contributed by atoms with van der Waals surface area (Å²) in [5, 5.41) is 7.14. The summed E-state index contributed by atoms with van der Waals surface area (Å²) in [6, 6.07) is 14.8.